The van der Waals surface area contributed by atoms with Gasteiger partial charge < -0.3 is 15.1 Å². The summed E-state index contributed by atoms with van der Waals surface area (Å²) in [5.74, 6) is 0. The number of hydrogen-bond acceptors (Lipinski definition) is 3. The fourth-order valence-electron chi connectivity index (χ4n) is 1.60. The maximum atomic E-state index is 12.9. The summed E-state index contributed by atoms with van der Waals surface area (Å²) in [6.45, 7) is -0.520. The van der Waals surface area contributed by atoms with Crippen LogP contribution in [0, 0.1) is 0 Å². The molecule has 0 bridgehead atoms. The number of halogens is 4. The van der Waals surface area contributed by atoms with Gasteiger partial charge in [0, 0.05) is 17.6 Å². The molecule has 0 aliphatic carbocycles. The lowest BCUT2D eigenvalue weighted by Gasteiger charge is -2.26. The molecule has 2 N–H and O–H groups in total. The number of rotatable bonds is 5. The van der Waals surface area contributed by atoms with E-state index in [1.54, 1.807) is 0 Å². The highest BCUT2D eigenvalue weighted by Gasteiger charge is 2.34. The van der Waals surface area contributed by atoms with Crippen LogP contribution in [0.1, 0.15) is 5.56 Å². The molecule has 0 aromatic heterocycles. The van der Waals surface area contributed by atoms with Crippen LogP contribution in [0.2, 0.25) is 0 Å². The summed E-state index contributed by atoms with van der Waals surface area (Å²) in [5, 5.41) is 17.7. The normalized spacial score (nSPS) is 11.7. The topological polar surface area (TPSA) is 43.7 Å². The van der Waals surface area contributed by atoms with Crippen molar-refractivity contribution in [2.24, 2.45) is 0 Å². The molecular formula is C11H13BrF3NO2. The van der Waals surface area contributed by atoms with Crippen LogP contribution in [0.25, 0.3) is 0 Å². The molecule has 0 saturated carbocycles. The molecule has 0 radical (unpaired) electrons. The van der Waals surface area contributed by atoms with Crippen LogP contribution >= 0.6 is 15.9 Å². The lowest BCUT2D eigenvalue weighted by molar-refractivity contribution is -0.137. The van der Waals surface area contributed by atoms with Crippen molar-refractivity contribution in [3.63, 3.8) is 0 Å². The van der Waals surface area contributed by atoms with Crippen molar-refractivity contribution in [2.45, 2.75) is 6.18 Å². The van der Waals surface area contributed by atoms with Gasteiger partial charge in [-0.1, -0.05) is 15.9 Å². The van der Waals surface area contributed by atoms with E-state index in [9.17, 15) is 13.2 Å². The first-order valence-electron chi connectivity index (χ1n) is 5.23. The largest absolute Gasteiger partial charge is 0.418 e. The van der Waals surface area contributed by atoms with Gasteiger partial charge in [-0.25, -0.2) is 0 Å². The lowest BCUT2D eigenvalue weighted by Crippen LogP contribution is -2.31. The molecule has 3 nitrogen and oxygen atoms in total. The van der Waals surface area contributed by atoms with E-state index in [0.29, 0.717) is 4.47 Å². The molecule has 0 spiro atoms. The summed E-state index contributed by atoms with van der Waals surface area (Å²) < 4.78 is 39.1. The summed E-state index contributed by atoms with van der Waals surface area (Å²) in [6, 6.07) is 3.61. The van der Waals surface area contributed by atoms with E-state index in [1.807, 2.05) is 0 Å². The second-order valence-corrected chi connectivity index (χ2v) is 4.51. The highest BCUT2D eigenvalue weighted by atomic mass is 79.9. The Morgan fingerprint density at radius 1 is 1.11 bits per heavy atom. The predicted molar refractivity (Wildman–Crippen MR) is 65.5 cm³/mol. The molecule has 1 aromatic rings. The van der Waals surface area contributed by atoms with Crippen LogP contribution in [-0.2, 0) is 6.18 Å². The van der Waals surface area contributed by atoms with E-state index < -0.39 is 11.7 Å². The van der Waals surface area contributed by atoms with E-state index in [4.69, 9.17) is 10.2 Å². The van der Waals surface area contributed by atoms with Crippen LogP contribution < -0.4 is 4.90 Å². The van der Waals surface area contributed by atoms with Gasteiger partial charge in [0.2, 0.25) is 0 Å². The highest BCUT2D eigenvalue weighted by molar-refractivity contribution is 9.10. The first-order chi connectivity index (χ1) is 8.40. The molecule has 18 heavy (non-hydrogen) atoms. The Labute approximate surface area is 111 Å². The molecule has 0 aliphatic heterocycles. The first kappa shape index (κ1) is 15.3. The Balaban J connectivity index is 3.21. The maximum Gasteiger partial charge on any atom is 0.418 e. The van der Waals surface area contributed by atoms with E-state index >= 15 is 0 Å². The number of alkyl halides is 3. The third-order valence-corrected chi connectivity index (χ3v) is 2.84. The first-order valence-corrected chi connectivity index (χ1v) is 6.03. The number of benzene rings is 1. The van der Waals surface area contributed by atoms with Gasteiger partial charge in [-0.3, -0.25) is 0 Å². The summed E-state index contributed by atoms with van der Waals surface area (Å²) >= 11 is 3.11. The van der Waals surface area contributed by atoms with Gasteiger partial charge in [-0.05, 0) is 18.2 Å². The molecule has 1 aromatic carbocycles. The fraction of sp³-hybridized carbons (Fsp3) is 0.455. The molecule has 0 atom stereocenters. The molecule has 0 unspecified atom stereocenters. The van der Waals surface area contributed by atoms with Gasteiger partial charge in [0.1, 0.15) is 0 Å². The van der Waals surface area contributed by atoms with Gasteiger partial charge in [-0.15, -0.1) is 0 Å². The molecule has 0 amide bonds. The molecule has 102 valence electrons. The van der Waals surface area contributed by atoms with Gasteiger partial charge in [0.15, 0.2) is 0 Å². The van der Waals surface area contributed by atoms with Crippen LogP contribution in [0.5, 0.6) is 0 Å². The number of nitrogens with zero attached hydrogens (tertiary/aromatic N) is 1. The zero-order chi connectivity index (χ0) is 13.8. The number of aliphatic hydroxyl groups excluding tert-OH is 2. The van der Waals surface area contributed by atoms with Gasteiger partial charge in [0.05, 0.1) is 24.5 Å². The van der Waals surface area contributed by atoms with Gasteiger partial charge >= 0.3 is 6.18 Å². The van der Waals surface area contributed by atoms with Crippen molar-refractivity contribution in [3.05, 3.63) is 28.2 Å². The van der Waals surface area contributed by atoms with Crippen molar-refractivity contribution in [3.8, 4) is 0 Å². The van der Waals surface area contributed by atoms with E-state index in [0.717, 1.165) is 6.07 Å². The minimum absolute atomic E-state index is 0.0279. The quantitative estimate of drug-likeness (QED) is 0.871. The van der Waals surface area contributed by atoms with Crippen molar-refractivity contribution < 1.29 is 23.4 Å². The van der Waals surface area contributed by atoms with Crippen molar-refractivity contribution >= 4 is 21.6 Å². The van der Waals surface area contributed by atoms with E-state index in [1.165, 1.54) is 17.0 Å². The standard InChI is InChI=1S/C11H13BrF3NO2/c12-8-1-2-9(11(13,14)15)10(7-8)16(3-5-17)4-6-18/h1-2,7,17-18H,3-6H2. The minimum Gasteiger partial charge on any atom is -0.395 e. The Hall–Kier alpha value is -0.790. The molecule has 0 fully saturated rings. The smallest absolute Gasteiger partial charge is 0.395 e. The molecule has 1 rings (SSSR count). The molecule has 0 heterocycles. The molecule has 0 aliphatic rings. The van der Waals surface area contributed by atoms with Crippen molar-refractivity contribution in [2.75, 3.05) is 31.2 Å². The average molecular weight is 328 g/mol. The SMILES string of the molecule is OCCN(CCO)c1cc(Br)ccc1C(F)(F)F. The van der Waals surface area contributed by atoms with Crippen LogP contribution in [0.3, 0.4) is 0 Å². The van der Waals surface area contributed by atoms with E-state index in [2.05, 4.69) is 15.9 Å². The second-order valence-electron chi connectivity index (χ2n) is 3.59. The molecular weight excluding hydrogens is 315 g/mol. The molecule has 0 saturated heterocycles. The highest BCUT2D eigenvalue weighted by Crippen LogP contribution is 2.37. The lowest BCUT2D eigenvalue weighted by atomic mass is 10.1. The van der Waals surface area contributed by atoms with Crippen LogP contribution in [0.4, 0.5) is 18.9 Å². The zero-order valence-electron chi connectivity index (χ0n) is 9.41. The second kappa shape index (κ2) is 6.40. The van der Waals surface area contributed by atoms with E-state index in [-0.39, 0.29) is 32.0 Å². The fourth-order valence-corrected chi connectivity index (χ4v) is 1.95. The van der Waals surface area contributed by atoms with Crippen molar-refractivity contribution in [1.82, 2.24) is 0 Å². The van der Waals surface area contributed by atoms with Crippen molar-refractivity contribution in [1.29, 1.82) is 0 Å². The summed E-state index contributed by atoms with van der Waals surface area (Å²) in [4.78, 5) is 1.30. The third kappa shape index (κ3) is 3.86. The number of hydrogen-bond donors (Lipinski definition) is 2. The summed E-state index contributed by atoms with van der Waals surface area (Å²) in [5.41, 5.74) is -0.840. The predicted octanol–water partition coefficient (Wildman–Crippen LogP) is 2.26. The van der Waals surface area contributed by atoms with Crippen LogP contribution in [-0.4, -0.2) is 36.5 Å². The maximum absolute atomic E-state index is 12.9. The third-order valence-electron chi connectivity index (χ3n) is 2.35. The number of aliphatic hydroxyl groups is 2. The minimum atomic E-state index is -4.47. The van der Waals surface area contributed by atoms with Crippen LogP contribution in [0.15, 0.2) is 22.7 Å². The Morgan fingerprint density at radius 3 is 2.11 bits per heavy atom. The van der Waals surface area contributed by atoms with Gasteiger partial charge in [-0.2, -0.15) is 13.2 Å². The number of anilines is 1. The average Bonchev–Trinajstić information content (AvgIpc) is 2.27. The Kier molecular flexibility index (Phi) is 5.43. The Bertz CT molecular complexity index is 392. The summed E-state index contributed by atoms with van der Waals surface area (Å²) in [7, 11) is 0. The zero-order valence-corrected chi connectivity index (χ0v) is 11.0. The van der Waals surface area contributed by atoms with Gasteiger partial charge in [0.25, 0.3) is 0 Å². The monoisotopic (exact) mass is 327 g/mol. The molecule has 7 heteroatoms. The summed E-state index contributed by atoms with van der Waals surface area (Å²) in [6.07, 6.45) is -4.47. The Morgan fingerprint density at radius 2 is 1.67 bits per heavy atom.